The molecule has 2 N–H and O–H groups in total. The Balaban J connectivity index is 1.54. The molecular weight excluding hydrogens is 471 g/mol. The highest BCUT2D eigenvalue weighted by Crippen LogP contribution is 2.26. The van der Waals surface area contributed by atoms with Gasteiger partial charge < -0.3 is 9.73 Å². The molecule has 0 atom stereocenters. The van der Waals surface area contributed by atoms with Gasteiger partial charge in [0.15, 0.2) is 0 Å². The van der Waals surface area contributed by atoms with E-state index in [1.54, 1.807) is 30.3 Å². The minimum atomic E-state index is -2.93. The van der Waals surface area contributed by atoms with Gasteiger partial charge >= 0.3 is 12.5 Å². The zero-order valence-electron chi connectivity index (χ0n) is 17.9. The lowest BCUT2D eigenvalue weighted by Crippen LogP contribution is -2.47. The number of carbonyl (C=O) groups is 1. The maximum Gasteiger partial charge on any atom is 0.322 e. The van der Waals surface area contributed by atoms with E-state index in [1.165, 1.54) is 17.0 Å². The van der Waals surface area contributed by atoms with Crippen molar-refractivity contribution in [3.05, 3.63) is 65.8 Å². The standard InChI is InChI=1S/C22H22F3N5O3S/c23-18-12-14(20-28-29-21(33-20)19(24)25)6-7-15(18)13-30(17-4-2-1-3-5-17)22(31)27-16-8-10-34(26,32)11-9-16/h1-7,12,16,19,26H,8-11,13H2,(H,27,31). The third kappa shape index (κ3) is 5.56. The first kappa shape index (κ1) is 23.7. The van der Waals surface area contributed by atoms with Crippen molar-refractivity contribution in [2.75, 3.05) is 16.4 Å². The van der Waals surface area contributed by atoms with Crippen LogP contribution in [0.3, 0.4) is 0 Å². The number of alkyl halides is 2. The van der Waals surface area contributed by atoms with E-state index in [0.717, 1.165) is 6.07 Å². The quantitative estimate of drug-likeness (QED) is 0.515. The SMILES string of the molecule is N=S1(=O)CCC(NC(=O)N(Cc2ccc(-c3nnc(C(F)F)o3)cc2F)c2ccccc2)CC1. The summed E-state index contributed by atoms with van der Waals surface area (Å²) in [4.78, 5) is 14.5. The minimum absolute atomic E-state index is 0.101. The molecule has 0 unspecified atom stereocenters. The number of hydrogen-bond acceptors (Lipinski definition) is 6. The molecule has 0 spiro atoms. The van der Waals surface area contributed by atoms with Crippen LogP contribution in [0.15, 0.2) is 52.9 Å². The molecule has 0 radical (unpaired) electrons. The summed E-state index contributed by atoms with van der Waals surface area (Å²) < 4.78 is 64.8. The fraction of sp³-hybridized carbons (Fsp3) is 0.318. The summed E-state index contributed by atoms with van der Waals surface area (Å²) in [5.74, 6) is -1.31. The van der Waals surface area contributed by atoms with E-state index in [1.807, 2.05) is 0 Å². The first-order valence-corrected chi connectivity index (χ1v) is 12.4. The van der Waals surface area contributed by atoms with E-state index in [9.17, 15) is 22.2 Å². The van der Waals surface area contributed by atoms with Crippen LogP contribution in [0.5, 0.6) is 0 Å². The third-order valence-corrected chi connectivity index (χ3v) is 7.28. The first-order chi connectivity index (χ1) is 16.2. The number of rotatable bonds is 6. The Labute approximate surface area is 194 Å². The molecule has 12 heteroatoms. The number of nitrogens with zero attached hydrogens (tertiary/aromatic N) is 3. The van der Waals surface area contributed by atoms with Crippen LogP contribution < -0.4 is 10.2 Å². The van der Waals surface area contributed by atoms with E-state index < -0.39 is 33.9 Å². The van der Waals surface area contributed by atoms with Gasteiger partial charge in [-0.1, -0.05) is 24.3 Å². The fourth-order valence-electron chi connectivity index (χ4n) is 3.62. The number of nitrogens with one attached hydrogen (secondary N) is 2. The van der Waals surface area contributed by atoms with Gasteiger partial charge in [0.2, 0.25) is 5.89 Å². The molecule has 1 saturated heterocycles. The van der Waals surface area contributed by atoms with E-state index in [2.05, 4.69) is 15.5 Å². The highest BCUT2D eigenvalue weighted by molar-refractivity contribution is 7.92. The van der Waals surface area contributed by atoms with Crippen LogP contribution in [0, 0.1) is 10.6 Å². The summed E-state index contributed by atoms with van der Waals surface area (Å²) in [5, 5.41) is 9.66. The number of hydrogen-bond donors (Lipinski definition) is 2. The first-order valence-electron chi connectivity index (χ1n) is 10.5. The second-order valence-corrected chi connectivity index (χ2v) is 10.4. The van der Waals surface area contributed by atoms with Crippen molar-refractivity contribution < 1.29 is 26.6 Å². The van der Waals surface area contributed by atoms with Gasteiger partial charge in [0.05, 0.1) is 6.54 Å². The third-order valence-electron chi connectivity index (χ3n) is 5.49. The summed E-state index contributed by atoms with van der Waals surface area (Å²) in [5.41, 5.74) is 0.869. The second-order valence-electron chi connectivity index (χ2n) is 7.92. The summed E-state index contributed by atoms with van der Waals surface area (Å²) in [7, 11) is -2.58. The average molecular weight is 494 g/mol. The largest absolute Gasteiger partial charge is 0.415 e. The number of carbonyl (C=O) groups excluding carboxylic acids is 1. The summed E-state index contributed by atoms with van der Waals surface area (Å²) >= 11 is 0. The Morgan fingerprint density at radius 3 is 2.50 bits per heavy atom. The lowest BCUT2D eigenvalue weighted by atomic mass is 10.1. The predicted molar refractivity (Wildman–Crippen MR) is 119 cm³/mol. The number of amides is 2. The molecule has 2 heterocycles. The molecular formula is C22H22F3N5O3S. The fourth-order valence-corrected chi connectivity index (χ4v) is 5.15. The Morgan fingerprint density at radius 1 is 1.18 bits per heavy atom. The molecule has 2 amide bonds. The van der Waals surface area contributed by atoms with E-state index in [-0.39, 0.29) is 41.1 Å². The van der Waals surface area contributed by atoms with Gasteiger partial charge in [-0.3, -0.25) is 9.68 Å². The molecule has 2 aromatic carbocycles. The highest BCUT2D eigenvalue weighted by atomic mass is 32.2. The van der Waals surface area contributed by atoms with Crippen LogP contribution in [0.25, 0.3) is 11.5 Å². The summed E-state index contributed by atoms with van der Waals surface area (Å²) in [6.07, 6.45) is -2.06. The lowest BCUT2D eigenvalue weighted by molar-refractivity contribution is 0.116. The van der Waals surface area contributed by atoms with E-state index >= 15 is 0 Å². The van der Waals surface area contributed by atoms with Gasteiger partial charge in [0.1, 0.15) is 5.82 Å². The zero-order chi connectivity index (χ0) is 24.3. The minimum Gasteiger partial charge on any atom is -0.415 e. The second kappa shape index (κ2) is 9.84. The lowest BCUT2D eigenvalue weighted by Gasteiger charge is -2.29. The van der Waals surface area contributed by atoms with E-state index in [0.29, 0.717) is 18.5 Å². The highest BCUT2D eigenvalue weighted by Gasteiger charge is 2.26. The van der Waals surface area contributed by atoms with Crippen molar-refractivity contribution in [3.8, 4) is 11.5 Å². The van der Waals surface area contributed by atoms with Crippen molar-refractivity contribution in [3.63, 3.8) is 0 Å². The monoisotopic (exact) mass is 493 g/mol. The van der Waals surface area contributed by atoms with Gasteiger partial charge in [0.25, 0.3) is 5.89 Å². The number of para-hydroxylation sites is 1. The smallest absolute Gasteiger partial charge is 0.322 e. The van der Waals surface area contributed by atoms with Crippen LogP contribution in [0.2, 0.25) is 0 Å². The Morgan fingerprint density at radius 2 is 1.88 bits per heavy atom. The van der Waals surface area contributed by atoms with Gasteiger partial charge in [-0.25, -0.2) is 13.4 Å². The Kier molecular flexibility index (Phi) is 6.87. The molecule has 1 aromatic heterocycles. The molecule has 4 rings (SSSR count). The molecule has 0 bridgehead atoms. The Bertz CT molecular complexity index is 1250. The molecule has 0 saturated carbocycles. The van der Waals surface area contributed by atoms with Crippen molar-refractivity contribution in [1.29, 1.82) is 4.78 Å². The van der Waals surface area contributed by atoms with Crippen LogP contribution >= 0.6 is 0 Å². The number of urea groups is 1. The number of anilines is 1. The average Bonchev–Trinajstić information content (AvgIpc) is 3.31. The molecule has 34 heavy (non-hydrogen) atoms. The number of aromatic nitrogens is 2. The molecule has 3 aromatic rings. The molecule has 0 aliphatic carbocycles. The van der Waals surface area contributed by atoms with Crippen molar-refractivity contribution in [1.82, 2.24) is 15.5 Å². The van der Waals surface area contributed by atoms with Crippen molar-refractivity contribution in [2.45, 2.75) is 31.9 Å². The van der Waals surface area contributed by atoms with Gasteiger partial charge in [-0.05, 0) is 37.1 Å². The van der Waals surface area contributed by atoms with Gasteiger partial charge in [-0.15, -0.1) is 10.2 Å². The maximum atomic E-state index is 14.9. The number of benzene rings is 2. The molecule has 8 nitrogen and oxygen atoms in total. The summed E-state index contributed by atoms with van der Waals surface area (Å²) in [6, 6.07) is 12.0. The Hall–Kier alpha value is -3.41. The maximum absolute atomic E-state index is 14.9. The van der Waals surface area contributed by atoms with E-state index in [4.69, 9.17) is 9.20 Å². The molecule has 1 aliphatic heterocycles. The van der Waals surface area contributed by atoms with Gasteiger partial charge in [0, 0.05) is 44.1 Å². The topological polar surface area (TPSA) is 112 Å². The van der Waals surface area contributed by atoms with Crippen LogP contribution in [-0.4, -0.2) is 38.0 Å². The molecule has 180 valence electrons. The number of halogens is 3. The van der Waals surface area contributed by atoms with Crippen molar-refractivity contribution >= 4 is 21.4 Å². The van der Waals surface area contributed by atoms with Crippen LogP contribution in [0.4, 0.5) is 23.7 Å². The molecule has 1 fully saturated rings. The predicted octanol–water partition coefficient (Wildman–Crippen LogP) is 4.74. The van der Waals surface area contributed by atoms with Crippen LogP contribution in [0.1, 0.15) is 30.7 Å². The van der Waals surface area contributed by atoms with Crippen LogP contribution in [-0.2, 0) is 16.3 Å². The van der Waals surface area contributed by atoms with Gasteiger partial charge in [-0.2, -0.15) is 8.78 Å². The molecule has 1 aliphatic rings. The normalized spacial score (nSPS) is 20.3. The zero-order valence-corrected chi connectivity index (χ0v) is 18.7. The summed E-state index contributed by atoms with van der Waals surface area (Å²) in [6.45, 7) is -0.101. The van der Waals surface area contributed by atoms with Crippen molar-refractivity contribution in [2.24, 2.45) is 0 Å².